The summed E-state index contributed by atoms with van der Waals surface area (Å²) in [6.45, 7) is 4.69. The van der Waals surface area contributed by atoms with Crippen molar-refractivity contribution in [1.29, 1.82) is 0 Å². The molecule has 5 unspecified atom stereocenters. The molecule has 100 valence electrons. The van der Waals surface area contributed by atoms with E-state index in [1.54, 1.807) is 0 Å². The van der Waals surface area contributed by atoms with E-state index in [0.29, 0.717) is 6.04 Å². The Morgan fingerprint density at radius 3 is 2.78 bits per heavy atom. The number of aliphatic imine (C=N–C) groups is 1. The minimum atomic E-state index is 0.549. The van der Waals surface area contributed by atoms with Gasteiger partial charge < -0.3 is 4.90 Å². The van der Waals surface area contributed by atoms with Gasteiger partial charge >= 0.3 is 0 Å². The average molecular weight is 246 g/mol. The van der Waals surface area contributed by atoms with Gasteiger partial charge in [0.05, 0.1) is 6.04 Å². The van der Waals surface area contributed by atoms with Crippen LogP contribution in [0, 0.1) is 5.92 Å². The fourth-order valence-corrected chi connectivity index (χ4v) is 4.61. The average Bonchev–Trinajstić information content (AvgIpc) is 2.59. The second kappa shape index (κ2) is 4.90. The summed E-state index contributed by atoms with van der Waals surface area (Å²) >= 11 is 0. The first kappa shape index (κ1) is 12.6. The normalized spacial score (nSPS) is 44.7. The van der Waals surface area contributed by atoms with E-state index in [1.807, 2.05) is 0 Å². The maximum Gasteiger partial charge on any atom is 0.105 e. The molecule has 0 radical (unpaired) electrons. The summed E-state index contributed by atoms with van der Waals surface area (Å²) in [4.78, 5) is 7.66. The molecule has 3 heteroatoms. The molecule has 2 nitrogen and oxygen atoms in total. The molecular formula is C15H27BN2. The van der Waals surface area contributed by atoms with Crippen molar-refractivity contribution >= 4 is 13.7 Å². The number of rotatable bonds is 0. The zero-order chi connectivity index (χ0) is 12.7. The van der Waals surface area contributed by atoms with Gasteiger partial charge in [0.2, 0.25) is 0 Å². The largest absolute Gasteiger partial charge is 0.354 e. The van der Waals surface area contributed by atoms with Crippen molar-refractivity contribution in [1.82, 2.24) is 4.90 Å². The van der Waals surface area contributed by atoms with Gasteiger partial charge in [0.25, 0.3) is 0 Å². The molecule has 0 aromatic heterocycles. The molecule has 2 aliphatic heterocycles. The van der Waals surface area contributed by atoms with Crippen LogP contribution in [0.25, 0.3) is 0 Å². The molecule has 0 bridgehead atoms. The summed E-state index contributed by atoms with van der Waals surface area (Å²) in [7, 11) is 2.45. The second-order valence-corrected chi connectivity index (χ2v) is 7.04. The van der Waals surface area contributed by atoms with Gasteiger partial charge in [-0.05, 0) is 32.6 Å². The zero-order valence-electron chi connectivity index (χ0n) is 12.2. The molecular weight excluding hydrogens is 219 g/mol. The van der Waals surface area contributed by atoms with Crippen LogP contribution in [0.4, 0.5) is 0 Å². The van der Waals surface area contributed by atoms with Crippen molar-refractivity contribution in [2.75, 3.05) is 0 Å². The third-order valence-corrected chi connectivity index (χ3v) is 5.32. The Bertz CT molecular complexity index is 341. The quantitative estimate of drug-likeness (QED) is 0.600. The lowest BCUT2D eigenvalue weighted by Crippen LogP contribution is -2.46. The molecule has 1 saturated carbocycles. The van der Waals surface area contributed by atoms with Crippen molar-refractivity contribution in [2.45, 2.75) is 82.7 Å². The first-order valence-electron chi connectivity index (χ1n) is 8.00. The van der Waals surface area contributed by atoms with Gasteiger partial charge in [-0.25, -0.2) is 0 Å². The van der Waals surface area contributed by atoms with E-state index in [2.05, 4.69) is 26.6 Å². The molecule has 2 fully saturated rings. The van der Waals surface area contributed by atoms with Crippen LogP contribution in [-0.2, 0) is 0 Å². The highest BCUT2D eigenvalue weighted by Gasteiger charge is 2.42. The smallest absolute Gasteiger partial charge is 0.105 e. The third-order valence-electron chi connectivity index (χ3n) is 5.32. The van der Waals surface area contributed by atoms with E-state index in [-0.39, 0.29) is 0 Å². The lowest BCUT2D eigenvalue weighted by Gasteiger charge is -2.39. The van der Waals surface area contributed by atoms with E-state index >= 15 is 0 Å². The predicted octanol–water partition coefficient (Wildman–Crippen LogP) is 2.64. The number of fused-ring (bicyclic) bond motifs is 3. The molecule has 0 spiro atoms. The monoisotopic (exact) mass is 246 g/mol. The first-order chi connectivity index (χ1) is 8.65. The van der Waals surface area contributed by atoms with E-state index in [0.717, 1.165) is 23.8 Å². The van der Waals surface area contributed by atoms with Gasteiger partial charge in [-0.15, -0.1) is 0 Å². The number of hydrogen-bond acceptors (Lipinski definition) is 2. The summed E-state index contributed by atoms with van der Waals surface area (Å²) < 4.78 is 0. The maximum absolute atomic E-state index is 4.95. The lowest BCUT2D eigenvalue weighted by molar-refractivity contribution is 0.177. The Balaban J connectivity index is 1.83. The van der Waals surface area contributed by atoms with Gasteiger partial charge in [-0.2, -0.15) is 0 Å². The van der Waals surface area contributed by atoms with Crippen LogP contribution in [0.15, 0.2) is 4.99 Å². The highest BCUT2D eigenvalue weighted by Crippen LogP contribution is 2.41. The standard InChI is InChI=1S/C15H27BN2/c1-10-7-11(2)18-14-6-4-3-5-13(16)8-12(14)9-15(18)17-10/h10-14H,3-9,16H2,1-2H3. The molecule has 0 aromatic rings. The minimum Gasteiger partial charge on any atom is -0.354 e. The summed E-state index contributed by atoms with van der Waals surface area (Å²) in [5.41, 5.74) is 0. The SMILES string of the molecule is BC1CCCCC2C(CC3=NC(C)CC(C)N32)C1. The van der Waals surface area contributed by atoms with Crippen LogP contribution < -0.4 is 0 Å². The predicted molar refractivity (Wildman–Crippen MR) is 80.1 cm³/mol. The van der Waals surface area contributed by atoms with Gasteiger partial charge in [0.1, 0.15) is 13.7 Å². The van der Waals surface area contributed by atoms with Crippen LogP contribution in [0.3, 0.4) is 0 Å². The first-order valence-corrected chi connectivity index (χ1v) is 8.00. The maximum atomic E-state index is 4.95. The van der Waals surface area contributed by atoms with Crippen LogP contribution in [0.5, 0.6) is 0 Å². The van der Waals surface area contributed by atoms with Crippen LogP contribution in [0.1, 0.15) is 58.8 Å². The van der Waals surface area contributed by atoms with E-state index in [9.17, 15) is 0 Å². The van der Waals surface area contributed by atoms with Crippen molar-refractivity contribution in [3.63, 3.8) is 0 Å². The highest BCUT2D eigenvalue weighted by molar-refractivity contribution is 6.11. The third kappa shape index (κ3) is 2.21. The lowest BCUT2D eigenvalue weighted by atomic mass is 9.72. The Hall–Kier alpha value is -0.465. The number of hydrogen-bond donors (Lipinski definition) is 0. The Labute approximate surface area is 113 Å². The van der Waals surface area contributed by atoms with Gasteiger partial charge in [0.15, 0.2) is 0 Å². The second-order valence-electron chi connectivity index (χ2n) is 7.04. The summed E-state index contributed by atoms with van der Waals surface area (Å²) in [5.74, 6) is 3.27. The molecule has 18 heavy (non-hydrogen) atoms. The van der Waals surface area contributed by atoms with Crippen molar-refractivity contribution in [2.24, 2.45) is 10.9 Å². The molecule has 0 aromatic carbocycles. The van der Waals surface area contributed by atoms with E-state index in [4.69, 9.17) is 4.99 Å². The minimum absolute atomic E-state index is 0.549. The van der Waals surface area contributed by atoms with E-state index in [1.165, 1.54) is 50.8 Å². The van der Waals surface area contributed by atoms with Crippen LogP contribution in [-0.4, -0.2) is 36.7 Å². The van der Waals surface area contributed by atoms with Crippen molar-refractivity contribution < 1.29 is 0 Å². The van der Waals surface area contributed by atoms with Gasteiger partial charge in [-0.1, -0.05) is 31.5 Å². The number of nitrogens with zero attached hydrogens (tertiary/aromatic N) is 2. The fourth-order valence-electron chi connectivity index (χ4n) is 4.61. The van der Waals surface area contributed by atoms with E-state index < -0.39 is 0 Å². The molecule has 0 amide bonds. The van der Waals surface area contributed by atoms with Crippen LogP contribution in [0.2, 0.25) is 5.82 Å². The van der Waals surface area contributed by atoms with Gasteiger partial charge in [-0.3, -0.25) is 4.99 Å². The van der Waals surface area contributed by atoms with Crippen LogP contribution >= 0.6 is 0 Å². The number of amidine groups is 1. The molecule has 5 atom stereocenters. The van der Waals surface area contributed by atoms with Crippen molar-refractivity contribution in [3.8, 4) is 0 Å². The highest BCUT2D eigenvalue weighted by atomic mass is 15.3. The molecule has 2 heterocycles. The Kier molecular flexibility index (Phi) is 3.42. The summed E-state index contributed by atoms with van der Waals surface area (Å²) in [6.07, 6.45) is 9.68. The molecule has 3 aliphatic rings. The molecule has 1 saturated heterocycles. The summed E-state index contributed by atoms with van der Waals surface area (Å²) in [6, 6.07) is 2.08. The van der Waals surface area contributed by atoms with Crippen molar-refractivity contribution in [3.05, 3.63) is 0 Å². The zero-order valence-corrected chi connectivity index (χ0v) is 12.2. The molecule has 0 N–H and O–H groups in total. The summed E-state index contributed by atoms with van der Waals surface area (Å²) in [5, 5.41) is 0. The fraction of sp³-hybridized carbons (Fsp3) is 0.933. The topological polar surface area (TPSA) is 15.6 Å². The molecule has 1 aliphatic carbocycles. The Morgan fingerprint density at radius 1 is 1.17 bits per heavy atom. The Morgan fingerprint density at radius 2 is 1.94 bits per heavy atom. The molecule has 3 rings (SSSR count). The van der Waals surface area contributed by atoms with Gasteiger partial charge in [0, 0.05) is 18.5 Å².